The third-order valence-corrected chi connectivity index (χ3v) is 5.13. The smallest absolute Gasteiger partial charge is 0.315 e. The number of hydrogen-bond acceptors (Lipinski definition) is 6. The van der Waals surface area contributed by atoms with Crippen molar-refractivity contribution in [1.29, 1.82) is 5.26 Å². The maximum absolute atomic E-state index is 12.8. The molecule has 0 heterocycles. The first-order valence-electron chi connectivity index (χ1n) is 10.3. The molecule has 31 heavy (non-hydrogen) atoms. The van der Waals surface area contributed by atoms with Crippen molar-refractivity contribution >= 4 is 5.97 Å². The third kappa shape index (κ3) is 5.65. The van der Waals surface area contributed by atoms with E-state index < -0.39 is 18.0 Å². The number of nitrogens with zero attached hydrogens (tertiary/aromatic N) is 1. The van der Waals surface area contributed by atoms with Crippen LogP contribution in [0.3, 0.4) is 0 Å². The van der Waals surface area contributed by atoms with E-state index in [1.54, 1.807) is 30.5 Å². The summed E-state index contributed by atoms with van der Waals surface area (Å²) in [7, 11) is 0. The molecule has 162 valence electrons. The van der Waals surface area contributed by atoms with Crippen LogP contribution >= 0.6 is 0 Å². The molecule has 0 saturated heterocycles. The van der Waals surface area contributed by atoms with Crippen molar-refractivity contribution in [3.05, 3.63) is 71.9 Å². The lowest BCUT2D eigenvalue weighted by Crippen LogP contribution is -2.14. The molecule has 2 aromatic rings. The zero-order valence-electron chi connectivity index (χ0n) is 18.3. The van der Waals surface area contributed by atoms with E-state index in [0.29, 0.717) is 29.6 Å². The summed E-state index contributed by atoms with van der Waals surface area (Å²) in [6.45, 7) is 8.60. The van der Waals surface area contributed by atoms with Gasteiger partial charge in [0.2, 0.25) is 6.10 Å². The number of rotatable bonds is 9. The second-order valence-corrected chi connectivity index (χ2v) is 8.51. The topological polar surface area (TPSA) is 80.6 Å². The van der Waals surface area contributed by atoms with Crippen LogP contribution in [0.4, 0.5) is 0 Å². The summed E-state index contributed by atoms with van der Waals surface area (Å²) in [5, 5.41) is 9.62. The molecule has 1 saturated carbocycles. The highest BCUT2D eigenvalue weighted by molar-refractivity contribution is 5.84. The molecule has 1 aliphatic rings. The molecule has 0 radical (unpaired) electrons. The zero-order valence-corrected chi connectivity index (χ0v) is 18.3. The average Bonchev–Trinajstić information content (AvgIpc) is 3.30. The number of carbonyl (C=O) groups is 1. The number of nitrogens with one attached hydrogen (secondary N) is 1. The standard InChI is InChI=1S/C25H28N2O4/c1-17(2)16-29-27-15-21-23(25(21,3)4)24(28)31-22(14-26)18-9-8-12-20(13-18)30-19-10-6-5-7-11-19/h5-13,15,17,22-23,27H,16H2,1-4H3/t22-,23+/m1/s1. The first-order chi connectivity index (χ1) is 14.8. The SMILES string of the molecule is CC(C)CONC=C1[C@@H](C(=O)O[C@H](C#N)c2cccc(Oc3ccccc3)c2)C1(C)C. The fraction of sp³-hybridized carbons (Fsp3) is 0.360. The van der Waals surface area contributed by atoms with Crippen LogP contribution in [0.2, 0.25) is 0 Å². The third-order valence-electron chi connectivity index (χ3n) is 5.13. The second kappa shape index (κ2) is 9.67. The fourth-order valence-corrected chi connectivity index (χ4v) is 3.31. The Morgan fingerprint density at radius 3 is 2.55 bits per heavy atom. The predicted octanol–water partition coefficient (Wildman–Crippen LogP) is 5.30. The molecule has 1 fully saturated rings. The van der Waals surface area contributed by atoms with Crippen molar-refractivity contribution < 1.29 is 19.1 Å². The molecule has 0 aliphatic heterocycles. The van der Waals surface area contributed by atoms with Gasteiger partial charge in [0.15, 0.2) is 0 Å². The van der Waals surface area contributed by atoms with Gasteiger partial charge in [-0.05, 0) is 35.8 Å². The van der Waals surface area contributed by atoms with E-state index in [4.69, 9.17) is 14.3 Å². The Morgan fingerprint density at radius 2 is 1.87 bits per heavy atom. The van der Waals surface area contributed by atoms with Crippen LogP contribution in [0.5, 0.6) is 11.5 Å². The minimum atomic E-state index is -1.02. The number of ether oxygens (including phenoxy) is 2. The van der Waals surface area contributed by atoms with Crippen molar-refractivity contribution in [3.63, 3.8) is 0 Å². The van der Waals surface area contributed by atoms with Crippen LogP contribution in [-0.2, 0) is 14.4 Å². The van der Waals surface area contributed by atoms with Crippen LogP contribution in [-0.4, -0.2) is 12.6 Å². The van der Waals surface area contributed by atoms with Crippen molar-refractivity contribution in [2.75, 3.05) is 6.61 Å². The lowest BCUT2D eigenvalue weighted by Gasteiger charge is -2.13. The van der Waals surface area contributed by atoms with Gasteiger partial charge in [-0.2, -0.15) is 5.26 Å². The van der Waals surface area contributed by atoms with Crippen LogP contribution in [0.15, 0.2) is 66.4 Å². The van der Waals surface area contributed by atoms with Crippen LogP contribution < -0.4 is 10.2 Å². The van der Waals surface area contributed by atoms with Crippen LogP contribution in [0.25, 0.3) is 0 Å². The highest BCUT2D eigenvalue weighted by Crippen LogP contribution is 2.58. The first kappa shape index (κ1) is 22.4. The fourth-order valence-electron chi connectivity index (χ4n) is 3.31. The van der Waals surface area contributed by atoms with Crippen molar-refractivity contribution in [3.8, 4) is 17.6 Å². The molecule has 3 rings (SSSR count). The number of esters is 1. The predicted molar refractivity (Wildman–Crippen MR) is 117 cm³/mol. The molecule has 6 heteroatoms. The second-order valence-electron chi connectivity index (χ2n) is 8.51. The van der Waals surface area contributed by atoms with Gasteiger partial charge in [0.1, 0.15) is 17.6 Å². The Kier molecular flexibility index (Phi) is 6.98. The normalized spacial score (nSPS) is 18.8. The Labute approximate surface area is 183 Å². The monoisotopic (exact) mass is 420 g/mol. The molecule has 1 N–H and O–H groups in total. The molecule has 6 nitrogen and oxygen atoms in total. The summed E-state index contributed by atoms with van der Waals surface area (Å²) in [6, 6.07) is 18.4. The summed E-state index contributed by atoms with van der Waals surface area (Å²) in [4.78, 5) is 18.1. The van der Waals surface area contributed by atoms with Gasteiger partial charge in [0.25, 0.3) is 0 Å². The van der Waals surface area contributed by atoms with Gasteiger partial charge < -0.3 is 9.47 Å². The molecule has 0 spiro atoms. The highest BCUT2D eigenvalue weighted by Gasteiger charge is 2.58. The Balaban J connectivity index is 1.64. The van der Waals surface area contributed by atoms with Crippen LogP contribution in [0, 0.1) is 28.6 Å². The zero-order chi connectivity index (χ0) is 22.4. The van der Waals surface area contributed by atoms with Crippen molar-refractivity contribution in [1.82, 2.24) is 5.48 Å². The number of nitriles is 1. The number of benzene rings is 2. The molecular formula is C25H28N2O4. The molecular weight excluding hydrogens is 392 g/mol. The number of hydroxylamine groups is 1. The van der Waals surface area contributed by atoms with Gasteiger partial charge >= 0.3 is 5.97 Å². The minimum Gasteiger partial charge on any atom is -0.457 e. The maximum atomic E-state index is 12.8. The average molecular weight is 421 g/mol. The van der Waals surface area contributed by atoms with Crippen LogP contribution in [0.1, 0.15) is 39.4 Å². The molecule has 0 bridgehead atoms. The van der Waals surface area contributed by atoms with Gasteiger partial charge in [-0.1, -0.05) is 58.0 Å². The van der Waals surface area contributed by atoms with E-state index in [2.05, 4.69) is 25.4 Å². The molecule has 0 aromatic heterocycles. The van der Waals surface area contributed by atoms with Gasteiger partial charge in [0.05, 0.1) is 12.5 Å². The molecule has 1 aliphatic carbocycles. The van der Waals surface area contributed by atoms with Gasteiger partial charge in [-0.25, -0.2) is 0 Å². The van der Waals surface area contributed by atoms with Crippen molar-refractivity contribution in [2.24, 2.45) is 17.3 Å². The van der Waals surface area contributed by atoms with E-state index in [1.165, 1.54) is 0 Å². The Bertz CT molecular complexity index is 977. The highest BCUT2D eigenvalue weighted by atomic mass is 16.6. The summed E-state index contributed by atoms with van der Waals surface area (Å²) in [5.74, 6) is 0.813. The largest absolute Gasteiger partial charge is 0.457 e. The van der Waals surface area contributed by atoms with Gasteiger partial charge in [-0.3, -0.25) is 15.1 Å². The van der Waals surface area contributed by atoms with E-state index in [9.17, 15) is 10.1 Å². The summed E-state index contributed by atoms with van der Waals surface area (Å²) in [6.07, 6.45) is 0.693. The molecule has 2 atom stereocenters. The summed E-state index contributed by atoms with van der Waals surface area (Å²) in [5.41, 5.74) is 3.90. The van der Waals surface area contributed by atoms with Crippen molar-refractivity contribution in [2.45, 2.75) is 33.8 Å². The van der Waals surface area contributed by atoms with E-state index in [1.807, 2.05) is 44.2 Å². The lowest BCUT2D eigenvalue weighted by molar-refractivity contribution is -0.149. The minimum absolute atomic E-state index is 0.344. The van der Waals surface area contributed by atoms with E-state index in [0.717, 1.165) is 5.57 Å². The van der Waals surface area contributed by atoms with E-state index in [-0.39, 0.29) is 5.41 Å². The summed E-state index contributed by atoms with van der Waals surface area (Å²) >= 11 is 0. The first-order valence-corrected chi connectivity index (χ1v) is 10.3. The van der Waals surface area contributed by atoms with E-state index >= 15 is 0 Å². The number of hydrogen-bond donors (Lipinski definition) is 1. The molecule has 0 amide bonds. The number of carbonyl (C=O) groups excluding carboxylic acids is 1. The molecule has 0 unspecified atom stereocenters. The Morgan fingerprint density at radius 1 is 1.16 bits per heavy atom. The summed E-state index contributed by atoms with van der Waals surface area (Å²) < 4.78 is 11.4. The number of para-hydroxylation sites is 1. The molecule has 2 aromatic carbocycles. The van der Waals surface area contributed by atoms with Gasteiger partial charge in [0, 0.05) is 17.2 Å². The quantitative estimate of drug-likeness (QED) is 0.337. The Hall–Kier alpha value is -3.30. The van der Waals surface area contributed by atoms with Gasteiger partial charge in [-0.15, -0.1) is 0 Å². The lowest BCUT2D eigenvalue weighted by atomic mass is 10.1. The maximum Gasteiger partial charge on any atom is 0.315 e.